The fraction of sp³-hybridized carbons (Fsp3) is 0.500. The molecule has 106 valence electrons. The van der Waals surface area contributed by atoms with Gasteiger partial charge >= 0.3 is 58.4 Å². The van der Waals surface area contributed by atoms with Crippen molar-refractivity contribution in [3.8, 4) is 0 Å². The van der Waals surface area contributed by atoms with Gasteiger partial charge in [0.2, 0.25) is 0 Å². The van der Waals surface area contributed by atoms with E-state index in [9.17, 15) is 12.9 Å². The maximum absolute atomic E-state index is 12.7. The van der Waals surface area contributed by atoms with E-state index < -0.39 is 13.3 Å². The molecule has 1 aliphatic rings. The van der Waals surface area contributed by atoms with Crippen LogP contribution in [0.4, 0.5) is 18.6 Å². The Labute approximate surface area is 173 Å². The van der Waals surface area contributed by atoms with Crippen molar-refractivity contribution in [2.45, 2.75) is 13.2 Å². The van der Waals surface area contributed by atoms with Gasteiger partial charge < -0.3 is 23.2 Å². The van der Waals surface area contributed by atoms with E-state index in [0.717, 1.165) is 41.0 Å². The van der Waals surface area contributed by atoms with Gasteiger partial charge in [0.25, 0.3) is 0 Å². The van der Waals surface area contributed by atoms with Crippen molar-refractivity contribution in [3.63, 3.8) is 0 Å². The van der Waals surface area contributed by atoms with E-state index in [2.05, 4.69) is 32.8 Å². The van der Waals surface area contributed by atoms with Gasteiger partial charge in [0, 0.05) is 35.4 Å². The van der Waals surface area contributed by atoms with Crippen LogP contribution >= 0.6 is 22.6 Å². The Hall–Kier alpha value is 1.20. The van der Waals surface area contributed by atoms with Crippen LogP contribution in [0.3, 0.4) is 0 Å². The normalized spacial score (nSPS) is 15.9. The topological polar surface area (TPSA) is 15.3 Å². The quantitative estimate of drug-likeness (QED) is 0.543. The van der Waals surface area contributed by atoms with Crippen molar-refractivity contribution < 1.29 is 64.3 Å². The molecule has 0 radical (unpaired) electrons. The van der Waals surface area contributed by atoms with Crippen LogP contribution in [0.2, 0.25) is 0 Å². The first-order chi connectivity index (χ1) is 8.87. The molecule has 0 aromatic heterocycles. The van der Waals surface area contributed by atoms with Crippen molar-refractivity contribution in [3.05, 3.63) is 26.8 Å². The number of nitrogens with zero attached hydrogens (tertiary/aromatic N) is 1. The van der Waals surface area contributed by atoms with Gasteiger partial charge in [0.15, 0.2) is 0 Å². The predicted octanol–water partition coefficient (Wildman–Crippen LogP) is -0.0577. The van der Waals surface area contributed by atoms with E-state index in [0.29, 0.717) is 5.56 Å². The van der Waals surface area contributed by atoms with Gasteiger partial charge in [-0.2, -0.15) is 0 Å². The molecule has 0 atom stereocenters. The van der Waals surface area contributed by atoms with Gasteiger partial charge in [0.05, 0.1) is 0 Å². The summed E-state index contributed by atoms with van der Waals surface area (Å²) in [4.78, 5) is 2.17. The van der Waals surface area contributed by atoms with Crippen LogP contribution in [0.15, 0.2) is 12.1 Å². The molecule has 0 aliphatic carbocycles. The molecule has 1 N–H and O–H groups in total. The molecule has 1 heterocycles. The number of hydrogen-bond donors (Lipinski definition) is 1. The fourth-order valence-corrected chi connectivity index (χ4v) is 3.09. The average Bonchev–Trinajstić information content (AvgIpc) is 2.32. The fourth-order valence-electron chi connectivity index (χ4n) is 2.42. The molecular formula is C12H16BF3IKN2. The Morgan fingerprint density at radius 2 is 1.85 bits per heavy atom. The molecule has 8 heteroatoms. The van der Waals surface area contributed by atoms with Crippen LogP contribution in [0.25, 0.3) is 0 Å². The van der Waals surface area contributed by atoms with Crippen LogP contribution in [0.1, 0.15) is 11.1 Å². The summed E-state index contributed by atoms with van der Waals surface area (Å²) in [5.41, 5.74) is 2.12. The second kappa shape index (κ2) is 8.17. The average molecular weight is 422 g/mol. The summed E-state index contributed by atoms with van der Waals surface area (Å²) in [5.74, 6) is 0. The summed E-state index contributed by atoms with van der Waals surface area (Å²) in [7, 11) is 0. The standard InChI is InChI=1S/C12H16BF3IN2.K/c1-9-10(8-13(14,15)16)6-11(17)7-12(9)19-4-2-18-3-5-19;/h6-7,18H,2-5,8H2,1H3;/q-1;+1. The second-order valence-corrected chi connectivity index (χ2v) is 6.11. The van der Waals surface area contributed by atoms with Crippen molar-refractivity contribution in [2.24, 2.45) is 0 Å². The minimum Gasteiger partial charge on any atom is -0.449 e. The monoisotopic (exact) mass is 422 g/mol. The number of nitrogens with one attached hydrogen (secondary N) is 1. The predicted molar refractivity (Wildman–Crippen MR) is 81.8 cm³/mol. The van der Waals surface area contributed by atoms with E-state index >= 15 is 0 Å². The number of benzene rings is 1. The van der Waals surface area contributed by atoms with Gasteiger partial charge in [-0.05, 0) is 47.2 Å². The van der Waals surface area contributed by atoms with Crippen molar-refractivity contribution in [2.75, 3.05) is 31.1 Å². The van der Waals surface area contributed by atoms with Crippen LogP contribution in [-0.4, -0.2) is 33.2 Å². The molecule has 1 saturated heterocycles. The zero-order chi connectivity index (χ0) is 14.0. The molecule has 2 rings (SSSR count). The molecule has 0 saturated carbocycles. The smallest absolute Gasteiger partial charge is 0.449 e. The number of halogens is 4. The molecule has 0 spiro atoms. The Balaban J connectivity index is 0.00000200. The summed E-state index contributed by atoms with van der Waals surface area (Å²) in [6.45, 7) is 0.455. The van der Waals surface area contributed by atoms with Crippen LogP contribution in [0, 0.1) is 10.5 Å². The van der Waals surface area contributed by atoms with Crippen molar-refractivity contribution in [1.29, 1.82) is 0 Å². The van der Waals surface area contributed by atoms with E-state index in [1.54, 1.807) is 13.0 Å². The Morgan fingerprint density at radius 3 is 2.40 bits per heavy atom. The van der Waals surface area contributed by atoms with E-state index in [4.69, 9.17) is 0 Å². The van der Waals surface area contributed by atoms with Gasteiger partial charge in [-0.15, -0.1) is 0 Å². The minimum atomic E-state index is -4.79. The number of rotatable bonds is 3. The largest absolute Gasteiger partial charge is 1.00 e. The zero-order valence-corrected chi connectivity index (χ0v) is 17.0. The summed E-state index contributed by atoms with van der Waals surface area (Å²) in [5, 5.41) is 3.25. The molecule has 1 aromatic carbocycles. The van der Waals surface area contributed by atoms with E-state index in [-0.39, 0.29) is 51.4 Å². The maximum Gasteiger partial charge on any atom is 1.00 e. The maximum atomic E-state index is 12.7. The number of anilines is 1. The summed E-state index contributed by atoms with van der Waals surface area (Å²) in [6, 6.07) is 3.63. The Morgan fingerprint density at radius 1 is 1.25 bits per heavy atom. The van der Waals surface area contributed by atoms with Crippen LogP contribution in [-0.2, 0) is 6.32 Å². The zero-order valence-electron chi connectivity index (χ0n) is 11.7. The van der Waals surface area contributed by atoms with Crippen LogP contribution in [0.5, 0.6) is 0 Å². The number of piperazine rings is 1. The van der Waals surface area contributed by atoms with Gasteiger partial charge in [-0.25, -0.2) is 0 Å². The third-order valence-corrected chi connectivity index (χ3v) is 3.98. The Bertz CT molecular complexity index is 465. The second-order valence-electron chi connectivity index (χ2n) is 4.86. The molecule has 1 aliphatic heterocycles. The molecule has 1 fully saturated rings. The third kappa shape index (κ3) is 5.44. The number of hydrogen-bond acceptors (Lipinski definition) is 2. The SMILES string of the molecule is Cc1c(C[B-](F)(F)F)cc(I)cc1N1CCNCC1.[K+]. The Kier molecular flexibility index (Phi) is 7.86. The van der Waals surface area contributed by atoms with Gasteiger partial charge in [-0.3, -0.25) is 0 Å². The summed E-state index contributed by atoms with van der Waals surface area (Å²) in [6.07, 6.45) is -0.790. The molecular weight excluding hydrogens is 406 g/mol. The van der Waals surface area contributed by atoms with Gasteiger partial charge in [-0.1, -0.05) is 11.9 Å². The molecule has 0 bridgehead atoms. The molecule has 0 unspecified atom stereocenters. The van der Waals surface area contributed by atoms with Crippen LogP contribution < -0.4 is 61.6 Å². The van der Waals surface area contributed by atoms with E-state index in [1.165, 1.54) is 0 Å². The van der Waals surface area contributed by atoms with Gasteiger partial charge in [0.1, 0.15) is 0 Å². The first-order valence-electron chi connectivity index (χ1n) is 6.32. The first-order valence-corrected chi connectivity index (χ1v) is 7.40. The molecule has 20 heavy (non-hydrogen) atoms. The molecule has 2 nitrogen and oxygen atoms in total. The molecule has 1 aromatic rings. The van der Waals surface area contributed by atoms with Crippen molar-refractivity contribution >= 4 is 35.3 Å². The molecule has 0 amide bonds. The third-order valence-electron chi connectivity index (χ3n) is 3.36. The summed E-state index contributed by atoms with van der Waals surface area (Å²) >= 11 is 2.09. The van der Waals surface area contributed by atoms with Crippen molar-refractivity contribution in [1.82, 2.24) is 5.32 Å². The van der Waals surface area contributed by atoms with E-state index in [1.807, 2.05) is 6.07 Å². The minimum absolute atomic E-state index is 0. The summed E-state index contributed by atoms with van der Waals surface area (Å²) < 4.78 is 38.9. The first kappa shape index (κ1) is 19.2.